The lowest BCUT2D eigenvalue weighted by atomic mass is 9.97. The summed E-state index contributed by atoms with van der Waals surface area (Å²) >= 11 is 0. The molecule has 0 aliphatic rings. The number of hydrogen-bond donors (Lipinski definition) is 0. The summed E-state index contributed by atoms with van der Waals surface area (Å²) in [5, 5.41) is 0. The molecule has 0 radical (unpaired) electrons. The molecule has 1 heterocycles. The van der Waals surface area contributed by atoms with Gasteiger partial charge in [0.05, 0.1) is 0 Å². The lowest BCUT2D eigenvalue weighted by Gasteiger charge is -2.11. The third kappa shape index (κ3) is 1.62. The lowest BCUT2D eigenvalue weighted by Crippen LogP contribution is -2.11. The average molecular weight is 149 g/mol. The van der Waals surface area contributed by atoms with Crippen molar-refractivity contribution in [3.8, 4) is 12.3 Å². The summed E-state index contributed by atoms with van der Waals surface area (Å²) in [5.41, 5.74) is 0.504. The first-order valence-electron chi connectivity index (χ1n) is 3.46. The van der Waals surface area contributed by atoms with Crippen molar-refractivity contribution >= 4 is 0 Å². The molecule has 0 fully saturated rings. The maximum atomic E-state index is 5.17. The number of rotatable bonds is 0. The van der Waals surface area contributed by atoms with E-state index in [1.54, 1.807) is 0 Å². The molecule has 1 rings (SSSR count). The molecule has 2 heteroatoms. The van der Waals surface area contributed by atoms with Crippen LogP contribution in [-0.4, -0.2) is 4.98 Å². The van der Waals surface area contributed by atoms with Crippen molar-refractivity contribution in [2.75, 3.05) is 0 Å². The Kier molecular flexibility index (Phi) is 1.74. The van der Waals surface area contributed by atoms with E-state index in [1.807, 2.05) is 20.8 Å². The van der Waals surface area contributed by atoms with Crippen LogP contribution in [0.5, 0.6) is 0 Å². The van der Waals surface area contributed by atoms with Crippen molar-refractivity contribution in [1.29, 1.82) is 0 Å². The van der Waals surface area contributed by atoms with Crippen LogP contribution < -0.4 is 0 Å². The van der Waals surface area contributed by atoms with Gasteiger partial charge >= 0.3 is 0 Å². The zero-order chi connectivity index (χ0) is 8.48. The summed E-state index contributed by atoms with van der Waals surface area (Å²) in [6.45, 7) is 6.08. The van der Waals surface area contributed by atoms with Gasteiger partial charge in [0.1, 0.15) is 6.26 Å². The van der Waals surface area contributed by atoms with Crippen LogP contribution in [-0.2, 0) is 5.41 Å². The van der Waals surface area contributed by atoms with Gasteiger partial charge in [0.15, 0.2) is 5.69 Å². The van der Waals surface area contributed by atoms with Gasteiger partial charge in [-0.1, -0.05) is 20.8 Å². The summed E-state index contributed by atoms with van der Waals surface area (Å²) in [5.74, 6) is 3.10. The fourth-order valence-electron chi connectivity index (χ4n) is 0.685. The Bertz CT molecular complexity index is 285. The van der Waals surface area contributed by atoms with Crippen molar-refractivity contribution in [3.05, 3.63) is 17.8 Å². The zero-order valence-corrected chi connectivity index (χ0v) is 7.01. The highest BCUT2D eigenvalue weighted by molar-refractivity contribution is 5.21. The highest BCUT2D eigenvalue weighted by Crippen LogP contribution is 2.20. The van der Waals surface area contributed by atoms with Gasteiger partial charge in [-0.05, 0) is 5.92 Å². The van der Waals surface area contributed by atoms with Crippen LogP contribution in [0, 0.1) is 12.3 Å². The molecule has 0 aliphatic carbocycles. The van der Waals surface area contributed by atoms with Gasteiger partial charge in [-0.25, -0.2) is 4.98 Å². The van der Waals surface area contributed by atoms with Crippen molar-refractivity contribution in [3.63, 3.8) is 0 Å². The molecule has 58 valence electrons. The fraction of sp³-hybridized carbons (Fsp3) is 0.444. The Morgan fingerprint density at radius 1 is 1.55 bits per heavy atom. The Labute approximate surface area is 66.6 Å². The van der Waals surface area contributed by atoms with Crippen LogP contribution in [0.15, 0.2) is 10.7 Å². The first-order chi connectivity index (χ1) is 5.04. The predicted octanol–water partition coefficient (Wildman–Crippen LogP) is 1.95. The van der Waals surface area contributed by atoms with E-state index < -0.39 is 0 Å². The third-order valence-electron chi connectivity index (χ3n) is 1.29. The molecule has 0 N–H and O–H groups in total. The lowest BCUT2D eigenvalue weighted by molar-refractivity contribution is 0.392. The second-order valence-electron chi connectivity index (χ2n) is 3.43. The van der Waals surface area contributed by atoms with Crippen molar-refractivity contribution < 1.29 is 4.42 Å². The van der Waals surface area contributed by atoms with E-state index >= 15 is 0 Å². The molecule has 0 aliphatic heterocycles. The minimum Gasteiger partial charge on any atom is -0.447 e. The third-order valence-corrected chi connectivity index (χ3v) is 1.29. The number of terminal acetylenes is 1. The summed E-state index contributed by atoms with van der Waals surface area (Å²) < 4.78 is 5.17. The van der Waals surface area contributed by atoms with Crippen molar-refractivity contribution in [1.82, 2.24) is 4.98 Å². The number of hydrogen-bond acceptors (Lipinski definition) is 2. The topological polar surface area (TPSA) is 26.0 Å². The second kappa shape index (κ2) is 2.43. The van der Waals surface area contributed by atoms with Crippen molar-refractivity contribution in [2.45, 2.75) is 26.2 Å². The SMILES string of the molecule is C#Cc1coc(C(C)(C)C)n1. The Balaban J connectivity index is 3.01. The molecular weight excluding hydrogens is 138 g/mol. The molecule has 0 saturated heterocycles. The molecule has 1 aromatic heterocycles. The van der Waals surface area contributed by atoms with Crippen LogP contribution in [0.25, 0.3) is 0 Å². The smallest absolute Gasteiger partial charge is 0.200 e. The Hall–Kier alpha value is -1.23. The summed E-state index contributed by atoms with van der Waals surface area (Å²) in [4.78, 5) is 4.10. The molecular formula is C9H11NO. The number of oxazole rings is 1. The fourth-order valence-corrected chi connectivity index (χ4v) is 0.685. The molecule has 2 nitrogen and oxygen atoms in total. The van der Waals surface area contributed by atoms with Crippen LogP contribution >= 0.6 is 0 Å². The normalized spacial score (nSPS) is 11.1. The highest BCUT2D eigenvalue weighted by Gasteiger charge is 2.19. The van der Waals surface area contributed by atoms with E-state index in [-0.39, 0.29) is 5.41 Å². The number of aromatic nitrogens is 1. The largest absolute Gasteiger partial charge is 0.447 e. The van der Waals surface area contributed by atoms with Crippen LogP contribution in [0.4, 0.5) is 0 Å². The van der Waals surface area contributed by atoms with Gasteiger partial charge in [0, 0.05) is 5.41 Å². The van der Waals surface area contributed by atoms with Gasteiger partial charge in [-0.15, -0.1) is 6.42 Å². The van der Waals surface area contributed by atoms with Gasteiger partial charge < -0.3 is 4.42 Å². The molecule has 0 aromatic carbocycles. The van der Waals surface area contributed by atoms with Crippen LogP contribution in [0.3, 0.4) is 0 Å². The van der Waals surface area contributed by atoms with Crippen LogP contribution in [0.1, 0.15) is 32.4 Å². The molecule has 0 bridgehead atoms. The Morgan fingerprint density at radius 3 is 2.45 bits per heavy atom. The van der Waals surface area contributed by atoms with E-state index in [2.05, 4.69) is 10.9 Å². The maximum absolute atomic E-state index is 5.17. The quantitative estimate of drug-likeness (QED) is 0.527. The standard InChI is InChI=1S/C9H11NO/c1-5-7-6-11-8(10-7)9(2,3)4/h1,6H,2-4H3. The van der Waals surface area contributed by atoms with Gasteiger partial charge in [-0.3, -0.25) is 0 Å². The van der Waals surface area contributed by atoms with E-state index in [0.29, 0.717) is 11.6 Å². The van der Waals surface area contributed by atoms with Gasteiger partial charge in [0.2, 0.25) is 5.89 Å². The molecule has 1 aromatic rings. The van der Waals surface area contributed by atoms with E-state index in [4.69, 9.17) is 10.8 Å². The maximum Gasteiger partial charge on any atom is 0.200 e. The minimum absolute atomic E-state index is 0.0604. The average Bonchev–Trinajstić information content (AvgIpc) is 2.32. The number of nitrogens with zero attached hydrogens (tertiary/aromatic N) is 1. The minimum atomic E-state index is -0.0604. The van der Waals surface area contributed by atoms with Crippen LogP contribution in [0.2, 0.25) is 0 Å². The molecule has 0 unspecified atom stereocenters. The predicted molar refractivity (Wildman–Crippen MR) is 43.1 cm³/mol. The summed E-state index contributed by atoms with van der Waals surface area (Å²) in [6.07, 6.45) is 6.63. The molecule has 0 saturated carbocycles. The van der Waals surface area contributed by atoms with Gasteiger partial charge in [-0.2, -0.15) is 0 Å². The summed E-state index contributed by atoms with van der Waals surface area (Å²) in [6, 6.07) is 0. The molecule has 0 spiro atoms. The van der Waals surface area contributed by atoms with E-state index in [0.717, 1.165) is 0 Å². The zero-order valence-electron chi connectivity index (χ0n) is 7.01. The van der Waals surface area contributed by atoms with Gasteiger partial charge in [0.25, 0.3) is 0 Å². The molecule has 11 heavy (non-hydrogen) atoms. The monoisotopic (exact) mass is 149 g/mol. The highest BCUT2D eigenvalue weighted by atomic mass is 16.3. The van der Waals surface area contributed by atoms with Crippen molar-refractivity contribution in [2.24, 2.45) is 0 Å². The molecule has 0 atom stereocenters. The first kappa shape index (κ1) is 7.87. The first-order valence-corrected chi connectivity index (χ1v) is 3.46. The van der Waals surface area contributed by atoms with E-state index in [9.17, 15) is 0 Å². The Morgan fingerprint density at radius 2 is 2.18 bits per heavy atom. The summed E-state index contributed by atoms with van der Waals surface area (Å²) in [7, 11) is 0. The van der Waals surface area contributed by atoms with E-state index in [1.165, 1.54) is 6.26 Å². The molecule has 0 amide bonds. The second-order valence-corrected chi connectivity index (χ2v) is 3.43.